The van der Waals surface area contributed by atoms with Gasteiger partial charge in [-0.15, -0.1) is 0 Å². The Morgan fingerprint density at radius 3 is 2.30 bits per heavy atom. The zero-order chi connectivity index (χ0) is 14.8. The zero-order valence-electron chi connectivity index (χ0n) is 13.3. The van der Waals surface area contributed by atoms with E-state index in [9.17, 15) is 0 Å². The van der Waals surface area contributed by atoms with Gasteiger partial charge in [-0.2, -0.15) is 0 Å². The molecular formula is C19H27N. The molecule has 0 amide bonds. The number of hydrogen-bond acceptors (Lipinski definition) is 0. The van der Waals surface area contributed by atoms with Crippen LogP contribution in [0.5, 0.6) is 0 Å². The molecule has 1 aromatic rings. The zero-order valence-corrected chi connectivity index (χ0v) is 13.3. The van der Waals surface area contributed by atoms with Gasteiger partial charge in [-0.25, -0.2) is 0 Å². The van der Waals surface area contributed by atoms with Gasteiger partial charge in [-0.1, -0.05) is 58.1 Å². The summed E-state index contributed by atoms with van der Waals surface area (Å²) in [7, 11) is 0. The van der Waals surface area contributed by atoms with E-state index in [1.807, 2.05) is 27.7 Å². The number of nitrogens with zero attached hydrogens (tertiary/aromatic N) is 1. The van der Waals surface area contributed by atoms with Crippen molar-refractivity contribution in [3.05, 3.63) is 53.9 Å². The van der Waals surface area contributed by atoms with E-state index in [1.165, 1.54) is 23.4 Å². The first-order valence-electron chi connectivity index (χ1n) is 7.87. The Balaban J connectivity index is 0.000000461. The van der Waals surface area contributed by atoms with Crippen molar-refractivity contribution in [2.24, 2.45) is 0 Å². The molecule has 1 aromatic heterocycles. The number of rotatable bonds is 1. The van der Waals surface area contributed by atoms with Crippen LogP contribution in [0.15, 0.2) is 42.6 Å². The van der Waals surface area contributed by atoms with Gasteiger partial charge >= 0.3 is 0 Å². The summed E-state index contributed by atoms with van der Waals surface area (Å²) >= 11 is 0. The summed E-state index contributed by atoms with van der Waals surface area (Å²) in [5.41, 5.74) is 3.91. The Hall–Kier alpha value is -1.76. The largest absolute Gasteiger partial charge is 0.317 e. The van der Waals surface area contributed by atoms with E-state index in [2.05, 4.69) is 59.4 Å². The van der Waals surface area contributed by atoms with E-state index in [-0.39, 0.29) is 0 Å². The Bertz CT molecular complexity index is 510. The van der Waals surface area contributed by atoms with Crippen molar-refractivity contribution in [1.82, 2.24) is 4.57 Å². The summed E-state index contributed by atoms with van der Waals surface area (Å²) in [5, 5.41) is 0. The van der Waals surface area contributed by atoms with Gasteiger partial charge < -0.3 is 4.57 Å². The molecule has 0 bridgehead atoms. The quantitative estimate of drug-likeness (QED) is 0.575. The number of fused-ring (bicyclic) bond motifs is 1. The minimum atomic E-state index is 1.03. The molecule has 1 heteroatoms. The van der Waals surface area contributed by atoms with E-state index >= 15 is 0 Å². The minimum absolute atomic E-state index is 1.03. The predicted molar refractivity (Wildman–Crippen MR) is 92.5 cm³/mol. The highest BCUT2D eigenvalue weighted by molar-refractivity contribution is 5.71. The molecule has 0 aliphatic heterocycles. The van der Waals surface area contributed by atoms with Gasteiger partial charge in [0.25, 0.3) is 0 Å². The van der Waals surface area contributed by atoms with Gasteiger partial charge in [0.1, 0.15) is 0 Å². The first-order valence-corrected chi connectivity index (χ1v) is 7.87. The second kappa shape index (κ2) is 9.19. The second-order valence-corrected chi connectivity index (χ2v) is 4.18. The van der Waals surface area contributed by atoms with Gasteiger partial charge in [-0.05, 0) is 43.0 Å². The van der Waals surface area contributed by atoms with Gasteiger partial charge in [-0.3, -0.25) is 0 Å². The van der Waals surface area contributed by atoms with E-state index < -0.39 is 0 Å². The third kappa shape index (κ3) is 3.86. The summed E-state index contributed by atoms with van der Waals surface area (Å²) in [6.07, 6.45) is 21.1. The molecule has 0 radical (unpaired) electrons. The molecule has 0 atom stereocenters. The summed E-state index contributed by atoms with van der Waals surface area (Å²) < 4.78 is 2.27. The fourth-order valence-electron chi connectivity index (χ4n) is 2.23. The van der Waals surface area contributed by atoms with Crippen molar-refractivity contribution < 1.29 is 0 Å². The molecule has 1 nitrogen and oxygen atoms in total. The first kappa shape index (κ1) is 16.3. The van der Waals surface area contributed by atoms with Crippen LogP contribution >= 0.6 is 0 Å². The van der Waals surface area contributed by atoms with Gasteiger partial charge in [0, 0.05) is 11.9 Å². The van der Waals surface area contributed by atoms with E-state index in [0.717, 1.165) is 12.8 Å². The van der Waals surface area contributed by atoms with Crippen LogP contribution in [0.3, 0.4) is 0 Å². The maximum atomic E-state index is 2.31. The Morgan fingerprint density at radius 1 is 0.850 bits per heavy atom. The third-order valence-corrected chi connectivity index (χ3v) is 3.06. The molecule has 0 unspecified atom stereocenters. The maximum absolute atomic E-state index is 2.31. The molecule has 0 saturated carbocycles. The molecule has 108 valence electrons. The van der Waals surface area contributed by atoms with Crippen LogP contribution in [0, 0.1) is 0 Å². The topological polar surface area (TPSA) is 4.93 Å². The van der Waals surface area contributed by atoms with Crippen molar-refractivity contribution in [1.29, 1.82) is 0 Å². The Labute approximate surface area is 124 Å². The highest BCUT2D eigenvalue weighted by Crippen LogP contribution is 2.24. The van der Waals surface area contributed by atoms with E-state index in [0.29, 0.717) is 0 Å². The fourth-order valence-corrected chi connectivity index (χ4v) is 2.23. The van der Waals surface area contributed by atoms with Crippen LogP contribution in [-0.2, 0) is 0 Å². The van der Waals surface area contributed by atoms with Crippen LogP contribution < -0.4 is 0 Å². The summed E-state index contributed by atoms with van der Waals surface area (Å²) in [6, 6.07) is 2.19. The van der Waals surface area contributed by atoms with E-state index in [4.69, 9.17) is 0 Å². The molecular weight excluding hydrogens is 242 g/mol. The molecule has 2 aliphatic carbocycles. The Kier molecular flexibility index (Phi) is 7.49. The summed E-state index contributed by atoms with van der Waals surface area (Å²) in [6.45, 7) is 8.00. The highest BCUT2D eigenvalue weighted by Gasteiger charge is 2.08. The maximum Gasteiger partial charge on any atom is 0.0525 e. The third-order valence-electron chi connectivity index (χ3n) is 3.06. The van der Waals surface area contributed by atoms with Crippen LogP contribution in [-0.4, -0.2) is 4.57 Å². The Morgan fingerprint density at radius 2 is 1.60 bits per heavy atom. The van der Waals surface area contributed by atoms with Crippen molar-refractivity contribution in [3.63, 3.8) is 0 Å². The molecule has 0 fully saturated rings. The van der Waals surface area contributed by atoms with Gasteiger partial charge in [0.05, 0.1) is 5.69 Å². The standard InChI is InChI=1S/C15H15N.2C2H6/c1-3-7-13-11-12-16(15(13)10-6-1)14-8-4-2-5-9-14;2*1-2/h3-4,6-12H,1-2,5H2;2*1-2H3. The lowest BCUT2D eigenvalue weighted by Crippen LogP contribution is -1.98. The number of hydrogen-bond donors (Lipinski definition) is 0. The normalized spacial score (nSPS) is 15.1. The van der Waals surface area contributed by atoms with Crippen molar-refractivity contribution in [3.8, 4) is 0 Å². The van der Waals surface area contributed by atoms with E-state index in [1.54, 1.807) is 0 Å². The molecule has 20 heavy (non-hydrogen) atoms. The summed E-state index contributed by atoms with van der Waals surface area (Å²) in [4.78, 5) is 0. The SMILES string of the molecule is C1=Cc2ccn(C3=CCCC=C3)c2C=CC1.CC.CC. The molecule has 0 aromatic carbocycles. The van der Waals surface area contributed by atoms with Gasteiger partial charge in [0.15, 0.2) is 0 Å². The van der Waals surface area contributed by atoms with Crippen LogP contribution in [0.25, 0.3) is 17.8 Å². The van der Waals surface area contributed by atoms with Crippen LogP contribution in [0.1, 0.15) is 58.2 Å². The molecule has 2 aliphatic rings. The lowest BCUT2D eigenvalue weighted by Gasteiger charge is -2.11. The van der Waals surface area contributed by atoms with Crippen molar-refractivity contribution in [2.75, 3.05) is 0 Å². The first-order chi connectivity index (χ1) is 9.95. The number of allylic oxidation sites excluding steroid dienone is 6. The smallest absolute Gasteiger partial charge is 0.0525 e. The average molecular weight is 269 g/mol. The van der Waals surface area contributed by atoms with Gasteiger partial charge in [0.2, 0.25) is 0 Å². The fraction of sp³-hybridized carbons (Fsp3) is 0.368. The average Bonchev–Trinajstić information content (AvgIpc) is 2.81. The van der Waals surface area contributed by atoms with Crippen molar-refractivity contribution in [2.45, 2.75) is 47.0 Å². The molecule has 1 heterocycles. The lowest BCUT2D eigenvalue weighted by atomic mass is 10.1. The second-order valence-electron chi connectivity index (χ2n) is 4.18. The highest BCUT2D eigenvalue weighted by atomic mass is 15.0. The number of aromatic nitrogens is 1. The lowest BCUT2D eigenvalue weighted by molar-refractivity contribution is 0.997. The van der Waals surface area contributed by atoms with Crippen molar-refractivity contribution >= 4 is 17.8 Å². The minimum Gasteiger partial charge on any atom is -0.317 e. The predicted octanol–water partition coefficient (Wildman–Crippen LogP) is 6.16. The monoisotopic (exact) mass is 269 g/mol. The van der Waals surface area contributed by atoms with Crippen LogP contribution in [0.4, 0.5) is 0 Å². The molecule has 0 N–H and O–H groups in total. The molecule has 0 spiro atoms. The molecule has 3 rings (SSSR count). The van der Waals surface area contributed by atoms with Crippen LogP contribution in [0.2, 0.25) is 0 Å². The summed E-state index contributed by atoms with van der Waals surface area (Å²) in [5.74, 6) is 0. The molecule has 0 saturated heterocycles.